The molecular weight excluding hydrogens is 454 g/mol. The maximum atomic E-state index is 13.5. The van der Waals surface area contributed by atoms with Crippen LogP contribution in [0.3, 0.4) is 0 Å². The molecule has 0 unspecified atom stereocenters. The van der Waals surface area contributed by atoms with Crippen molar-refractivity contribution in [1.29, 1.82) is 0 Å². The van der Waals surface area contributed by atoms with E-state index in [1.807, 2.05) is 0 Å². The second-order valence-electron chi connectivity index (χ2n) is 7.61. The van der Waals surface area contributed by atoms with E-state index < -0.39 is 11.6 Å². The average Bonchev–Trinajstić information content (AvgIpc) is 3.48. The fourth-order valence-electron chi connectivity index (χ4n) is 3.51. The molecule has 0 aliphatic heterocycles. The molecule has 174 valence electrons. The molecule has 0 atom stereocenters. The molecule has 0 fully saturated rings. The lowest BCUT2D eigenvalue weighted by molar-refractivity contribution is -0.111. The van der Waals surface area contributed by atoms with Crippen LogP contribution in [-0.4, -0.2) is 30.6 Å². The number of fused-ring (bicyclic) bond motifs is 1. The highest BCUT2D eigenvalue weighted by atomic mass is 19.2. The van der Waals surface area contributed by atoms with E-state index in [0.29, 0.717) is 28.2 Å². The van der Waals surface area contributed by atoms with Gasteiger partial charge >= 0.3 is 0 Å². The maximum Gasteiger partial charge on any atom is 0.247 e. The highest BCUT2D eigenvalue weighted by molar-refractivity contribution is 5.99. The van der Waals surface area contributed by atoms with Crippen molar-refractivity contribution in [2.45, 2.75) is 6.54 Å². The first-order valence-electron chi connectivity index (χ1n) is 10.5. The van der Waals surface area contributed by atoms with Crippen molar-refractivity contribution < 1.29 is 18.3 Å². The monoisotopic (exact) mass is 472 g/mol. The van der Waals surface area contributed by atoms with E-state index in [0.717, 1.165) is 23.3 Å². The standard InChI is InChI=1S/C25H18F2N6O2/c1-2-22(34)31-17-4-3-5-18(9-17)35-23-12-29-25-24(32-23)19(11-28-25)16-10-30-33(14-16)13-15-6-7-20(26)21(27)8-15/h2-12,14H,1,13H2,(H,28,29)(H,31,34). The summed E-state index contributed by atoms with van der Waals surface area (Å²) in [6, 6.07) is 10.6. The van der Waals surface area contributed by atoms with Gasteiger partial charge < -0.3 is 15.0 Å². The van der Waals surface area contributed by atoms with Crippen molar-refractivity contribution in [1.82, 2.24) is 24.7 Å². The number of amides is 1. The largest absolute Gasteiger partial charge is 0.437 e. The number of carbonyl (C=O) groups is 1. The minimum absolute atomic E-state index is 0.264. The van der Waals surface area contributed by atoms with Crippen LogP contribution in [-0.2, 0) is 11.3 Å². The Bertz CT molecular complexity index is 1560. The summed E-state index contributed by atoms with van der Waals surface area (Å²) < 4.78 is 34.2. The van der Waals surface area contributed by atoms with Crippen molar-refractivity contribution >= 4 is 22.8 Å². The number of nitrogens with zero attached hydrogens (tertiary/aromatic N) is 4. The van der Waals surface area contributed by atoms with Gasteiger partial charge in [0.1, 0.15) is 11.3 Å². The molecule has 0 aliphatic carbocycles. The molecule has 0 spiro atoms. The Labute approximate surface area is 197 Å². The van der Waals surface area contributed by atoms with E-state index >= 15 is 0 Å². The smallest absolute Gasteiger partial charge is 0.247 e. The zero-order chi connectivity index (χ0) is 24.4. The van der Waals surface area contributed by atoms with Gasteiger partial charge in [0.05, 0.1) is 18.9 Å². The van der Waals surface area contributed by atoms with Crippen LogP contribution in [0.25, 0.3) is 22.3 Å². The van der Waals surface area contributed by atoms with Crippen LogP contribution in [0.2, 0.25) is 0 Å². The van der Waals surface area contributed by atoms with Crippen LogP contribution in [0.15, 0.2) is 79.9 Å². The van der Waals surface area contributed by atoms with Crippen LogP contribution in [0.5, 0.6) is 11.6 Å². The summed E-state index contributed by atoms with van der Waals surface area (Å²) in [7, 11) is 0. The van der Waals surface area contributed by atoms with E-state index in [1.165, 1.54) is 18.3 Å². The number of rotatable bonds is 7. The summed E-state index contributed by atoms with van der Waals surface area (Å²) in [4.78, 5) is 23.6. The van der Waals surface area contributed by atoms with Crippen LogP contribution < -0.4 is 10.1 Å². The summed E-state index contributed by atoms with van der Waals surface area (Å²) in [6.45, 7) is 3.71. The van der Waals surface area contributed by atoms with E-state index in [1.54, 1.807) is 47.5 Å². The van der Waals surface area contributed by atoms with E-state index in [4.69, 9.17) is 4.74 Å². The van der Waals surface area contributed by atoms with Crippen LogP contribution >= 0.6 is 0 Å². The molecule has 0 aliphatic rings. The van der Waals surface area contributed by atoms with E-state index in [2.05, 4.69) is 31.9 Å². The number of halogens is 2. The number of H-pyrrole nitrogens is 1. The Kier molecular flexibility index (Phi) is 5.76. The topological polar surface area (TPSA) is 97.7 Å². The molecule has 2 N–H and O–H groups in total. The number of carbonyl (C=O) groups excluding carboxylic acids is 1. The fourth-order valence-corrected chi connectivity index (χ4v) is 3.51. The highest BCUT2D eigenvalue weighted by Crippen LogP contribution is 2.29. The molecule has 35 heavy (non-hydrogen) atoms. The summed E-state index contributed by atoms with van der Waals surface area (Å²) in [5, 5.41) is 7.00. The molecule has 1 amide bonds. The van der Waals surface area contributed by atoms with E-state index in [-0.39, 0.29) is 18.3 Å². The van der Waals surface area contributed by atoms with Gasteiger partial charge in [-0.1, -0.05) is 18.7 Å². The predicted octanol–water partition coefficient (Wildman–Crippen LogP) is 5.06. The third kappa shape index (κ3) is 4.76. The molecule has 5 rings (SSSR count). The molecule has 0 radical (unpaired) electrons. The number of anilines is 1. The Hall–Kier alpha value is -4.86. The predicted molar refractivity (Wildman–Crippen MR) is 126 cm³/mol. The molecule has 0 saturated carbocycles. The van der Waals surface area contributed by atoms with Gasteiger partial charge in [-0.3, -0.25) is 9.48 Å². The lowest BCUT2D eigenvalue weighted by Crippen LogP contribution is -2.07. The number of aromatic nitrogens is 5. The number of benzene rings is 2. The average molecular weight is 472 g/mol. The minimum atomic E-state index is -0.900. The molecule has 5 aromatic rings. The Morgan fingerprint density at radius 1 is 1.17 bits per heavy atom. The molecule has 2 aromatic carbocycles. The maximum absolute atomic E-state index is 13.5. The second kappa shape index (κ2) is 9.18. The van der Waals surface area contributed by atoms with Gasteiger partial charge in [0.15, 0.2) is 17.3 Å². The quantitative estimate of drug-likeness (QED) is 0.323. The molecular formula is C25H18F2N6O2. The van der Waals surface area contributed by atoms with Crippen molar-refractivity contribution in [2.75, 3.05) is 5.32 Å². The Morgan fingerprint density at radius 3 is 2.89 bits per heavy atom. The van der Waals surface area contributed by atoms with Crippen molar-refractivity contribution in [3.05, 3.63) is 97.1 Å². The van der Waals surface area contributed by atoms with Crippen molar-refractivity contribution in [3.63, 3.8) is 0 Å². The first-order chi connectivity index (χ1) is 17.0. The normalized spacial score (nSPS) is 10.9. The van der Waals surface area contributed by atoms with Crippen LogP contribution in [0, 0.1) is 11.6 Å². The number of nitrogens with one attached hydrogen (secondary N) is 2. The minimum Gasteiger partial charge on any atom is -0.437 e. The second-order valence-corrected chi connectivity index (χ2v) is 7.61. The first kappa shape index (κ1) is 22.0. The number of ether oxygens (including phenoxy) is 1. The Morgan fingerprint density at radius 2 is 2.06 bits per heavy atom. The summed E-state index contributed by atoms with van der Waals surface area (Å²) in [5.74, 6) is -1.39. The molecule has 0 saturated heterocycles. The van der Waals surface area contributed by atoms with Gasteiger partial charge in [-0.2, -0.15) is 5.10 Å². The molecule has 0 bridgehead atoms. The lowest BCUT2D eigenvalue weighted by atomic mass is 10.2. The molecule has 10 heteroatoms. The van der Waals surface area contributed by atoms with Crippen molar-refractivity contribution in [3.8, 4) is 22.8 Å². The number of hydrogen-bond acceptors (Lipinski definition) is 5. The van der Waals surface area contributed by atoms with Gasteiger partial charge in [0, 0.05) is 35.3 Å². The third-order valence-electron chi connectivity index (χ3n) is 5.14. The van der Waals surface area contributed by atoms with Crippen LogP contribution in [0.1, 0.15) is 5.56 Å². The molecule has 8 nitrogen and oxygen atoms in total. The van der Waals surface area contributed by atoms with Crippen LogP contribution in [0.4, 0.5) is 14.5 Å². The molecule has 3 heterocycles. The third-order valence-corrected chi connectivity index (χ3v) is 5.14. The van der Waals surface area contributed by atoms with Gasteiger partial charge in [-0.25, -0.2) is 18.7 Å². The first-order valence-corrected chi connectivity index (χ1v) is 10.5. The SMILES string of the molecule is C=CC(=O)Nc1cccc(Oc2cnc3[nH]cc(-c4cnn(Cc5ccc(F)c(F)c5)c4)c3n2)c1. The number of aromatic amines is 1. The van der Waals surface area contributed by atoms with Gasteiger partial charge in [0.25, 0.3) is 0 Å². The summed E-state index contributed by atoms with van der Waals surface area (Å²) in [5.41, 5.74) is 3.79. The lowest BCUT2D eigenvalue weighted by Gasteiger charge is -2.07. The zero-order valence-corrected chi connectivity index (χ0v) is 18.2. The van der Waals surface area contributed by atoms with Gasteiger partial charge in [-0.05, 0) is 35.9 Å². The fraction of sp³-hybridized carbons (Fsp3) is 0.0400. The van der Waals surface area contributed by atoms with Crippen molar-refractivity contribution in [2.24, 2.45) is 0 Å². The number of hydrogen-bond donors (Lipinski definition) is 2. The molecule has 3 aromatic heterocycles. The summed E-state index contributed by atoms with van der Waals surface area (Å²) >= 11 is 0. The highest BCUT2D eigenvalue weighted by Gasteiger charge is 2.13. The Balaban J connectivity index is 1.38. The summed E-state index contributed by atoms with van der Waals surface area (Å²) in [6.07, 6.45) is 7.87. The van der Waals surface area contributed by atoms with E-state index in [9.17, 15) is 13.6 Å². The zero-order valence-electron chi connectivity index (χ0n) is 18.2. The van der Waals surface area contributed by atoms with Gasteiger partial charge in [-0.15, -0.1) is 0 Å². The van der Waals surface area contributed by atoms with Gasteiger partial charge in [0.2, 0.25) is 11.8 Å².